The first-order valence-corrected chi connectivity index (χ1v) is 6.96. The normalized spacial score (nSPS) is 21.2. The van der Waals surface area contributed by atoms with Crippen LogP contribution in [0.4, 0.5) is 0 Å². The van der Waals surface area contributed by atoms with Gasteiger partial charge in [-0.1, -0.05) is 13.8 Å². The van der Waals surface area contributed by atoms with E-state index in [1.54, 1.807) is 0 Å². The second kappa shape index (κ2) is 7.67. The first kappa shape index (κ1) is 14.5. The van der Waals surface area contributed by atoms with Crippen LogP contribution in [-0.2, 0) is 0 Å². The highest BCUT2D eigenvalue weighted by Gasteiger charge is 2.25. The van der Waals surface area contributed by atoms with Crippen LogP contribution < -0.4 is 5.73 Å². The van der Waals surface area contributed by atoms with Crippen LogP contribution in [0.15, 0.2) is 0 Å². The molecule has 0 aromatic carbocycles. The predicted octanol–water partition coefficient (Wildman–Crippen LogP) is 1.51. The molecule has 1 aliphatic heterocycles. The van der Waals surface area contributed by atoms with Crippen LogP contribution in [0.2, 0.25) is 0 Å². The predicted molar refractivity (Wildman–Crippen MR) is 73.5 cm³/mol. The molecule has 0 aromatic rings. The van der Waals surface area contributed by atoms with Gasteiger partial charge in [0.1, 0.15) is 0 Å². The molecule has 4 heteroatoms. The number of nitrogens with two attached hydrogens (primary N) is 1. The fraction of sp³-hybridized carbons (Fsp3) is 0.923. The number of nitrogens with one attached hydrogen (secondary N) is 1. The quantitative estimate of drug-likeness (QED) is 0.384. The molecule has 1 heterocycles. The summed E-state index contributed by atoms with van der Waals surface area (Å²) in [7, 11) is 0. The van der Waals surface area contributed by atoms with E-state index in [9.17, 15) is 0 Å². The first-order valence-electron chi connectivity index (χ1n) is 6.96. The van der Waals surface area contributed by atoms with E-state index in [2.05, 4.69) is 23.6 Å². The molecule has 0 bridgehead atoms. The summed E-state index contributed by atoms with van der Waals surface area (Å²) in [4.78, 5) is 5.12. The molecule has 100 valence electrons. The Hall–Kier alpha value is -0.610. The Kier molecular flexibility index (Phi) is 6.52. The van der Waals surface area contributed by atoms with E-state index >= 15 is 0 Å². The number of likely N-dealkylation sites (tertiary alicyclic amines) is 1. The summed E-state index contributed by atoms with van der Waals surface area (Å²) in [6, 6.07) is 0.762. The van der Waals surface area contributed by atoms with Crippen molar-refractivity contribution >= 4 is 5.84 Å². The lowest BCUT2D eigenvalue weighted by atomic mass is 10.2. The molecule has 1 unspecified atom stereocenters. The standard InChI is InChI=1S/C13H28N4/c1-3-17(4-2)12-8-10-16(11-12)9-6-5-7-13(14)15/h12H,3-11H2,1-2H3,(H3,14,15). The highest BCUT2D eigenvalue weighted by Crippen LogP contribution is 2.15. The topological polar surface area (TPSA) is 56.4 Å². The van der Waals surface area contributed by atoms with Gasteiger partial charge in [0.2, 0.25) is 0 Å². The van der Waals surface area contributed by atoms with Gasteiger partial charge in [-0.3, -0.25) is 10.3 Å². The Bertz CT molecular complexity index is 225. The maximum Gasteiger partial charge on any atom is 0.0905 e. The zero-order valence-electron chi connectivity index (χ0n) is 11.4. The minimum absolute atomic E-state index is 0.326. The molecular weight excluding hydrogens is 212 g/mol. The highest BCUT2D eigenvalue weighted by atomic mass is 15.2. The molecule has 1 rings (SSSR count). The summed E-state index contributed by atoms with van der Waals surface area (Å²) >= 11 is 0. The Labute approximate surface area is 106 Å². The van der Waals surface area contributed by atoms with Crippen molar-refractivity contribution in [3.8, 4) is 0 Å². The van der Waals surface area contributed by atoms with E-state index < -0.39 is 0 Å². The Morgan fingerprint density at radius 3 is 2.65 bits per heavy atom. The third-order valence-corrected chi connectivity index (χ3v) is 3.75. The molecule has 1 fully saturated rings. The molecule has 1 saturated heterocycles. The van der Waals surface area contributed by atoms with E-state index in [0.717, 1.165) is 18.9 Å². The molecule has 0 saturated carbocycles. The lowest BCUT2D eigenvalue weighted by Gasteiger charge is -2.26. The van der Waals surface area contributed by atoms with E-state index in [0.29, 0.717) is 5.84 Å². The number of amidine groups is 1. The van der Waals surface area contributed by atoms with Crippen LogP contribution >= 0.6 is 0 Å². The number of hydrogen-bond donors (Lipinski definition) is 2. The number of unbranched alkanes of at least 4 members (excludes halogenated alkanes) is 1. The Balaban J connectivity index is 2.15. The molecule has 17 heavy (non-hydrogen) atoms. The SMILES string of the molecule is CCN(CC)C1CCN(CCCCC(=N)N)C1. The average molecular weight is 240 g/mol. The van der Waals surface area contributed by atoms with Crippen LogP contribution in [-0.4, -0.2) is 54.4 Å². The first-order chi connectivity index (χ1) is 8.17. The van der Waals surface area contributed by atoms with Crippen molar-refractivity contribution in [3.05, 3.63) is 0 Å². The van der Waals surface area contributed by atoms with Crippen molar-refractivity contribution in [2.75, 3.05) is 32.7 Å². The van der Waals surface area contributed by atoms with Crippen LogP contribution in [0.5, 0.6) is 0 Å². The second-order valence-corrected chi connectivity index (χ2v) is 4.95. The molecular formula is C13H28N4. The largest absolute Gasteiger partial charge is 0.388 e. The zero-order valence-corrected chi connectivity index (χ0v) is 11.4. The number of nitrogens with zero attached hydrogens (tertiary/aromatic N) is 2. The molecule has 0 aliphatic carbocycles. The van der Waals surface area contributed by atoms with Crippen molar-refractivity contribution in [3.63, 3.8) is 0 Å². The maximum atomic E-state index is 7.18. The van der Waals surface area contributed by atoms with Gasteiger partial charge in [0.05, 0.1) is 5.84 Å². The van der Waals surface area contributed by atoms with Gasteiger partial charge in [0, 0.05) is 19.0 Å². The van der Waals surface area contributed by atoms with E-state index in [-0.39, 0.29) is 0 Å². The van der Waals surface area contributed by atoms with Gasteiger partial charge < -0.3 is 10.6 Å². The van der Waals surface area contributed by atoms with Crippen LogP contribution in [0.1, 0.15) is 39.5 Å². The minimum Gasteiger partial charge on any atom is -0.388 e. The number of rotatable bonds is 8. The van der Waals surface area contributed by atoms with Crippen LogP contribution in [0.3, 0.4) is 0 Å². The summed E-state index contributed by atoms with van der Waals surface area (Å²) in [5.41, 5.74) is 5.35. The third kappa shape index (κ3) is 5.04. The van der Waals surface area contributed by atoms with Gasteiger partial charge >= 0.3 is 0 Å². The van der Waals surface area contributed by atoms with Gasteiger partial charge in [-0.2, -0.15) is 0 Å². The lowest BCUT2D eigenvalue weighted by molar-refractivity contribution is 0.210. The summed E-state index contributed by atoms with van der Waals surface area (Å²) in [5, 5.41) is 7.18. The summed E-state index contributed by atoms with van der Waals surface area (Å²) < 4.78 is 0. The summed E-state index contributed by atoms with van der Waals surface area (Å²) in [6.07, 6.45) is 4.30. The fourth-order valence-corrected chi connectivity index (χ4v) is 2.70. The highest BCUT2D eigenvalue weighted by molar-refractivity contribution is 5.76. The van der Waals surface area contributed by atoms with E-state index in [1.807, 2.05) is 0 Å². The average Bonchev–Trinajstić information content (AvgIpc) is 2.75. The van der Waals surface area contributed by atoms with E-state index in [4.69, 9.17) is 11.1 Å². The van der Waals surface area contributed by atoms with Crippen molar-refractivity contribution < 1.29 is 0 Å². The molecule has 0 amide bonds. The number of hydrogen-bond acceptors (Lipinski definition) is 3. The summed E-state index contributed by atoms with van der Waals surface area (Å²) in [5.74, 6) is 0.326. The Morgan fingerprint density at radius 1 is 1.35 bits per heavy atom. The monoisotopic (exact) mass is 240 g/mol. The minimum atomic E-state index is 0.326. The van der Waals surface area contributed by atoms with Gasteiger partial charge in [-0.15, -0.1) is 0 Å². The molecule has 0 spiro atoms. The van der Waals surface area contributed by atoms with Gasteiger partial charge in [0.25, 0.3) is 0 Å². The Morgan fingerprint density at radius 2 is 2.06 bits per heavy atom. The third-order valence-electron chi connectivity index (χ3n) is 3.75. The van der Waals surface area contributed by atoms with Gasteiger partial charge in [-0.05, 0) is 45.4 Å². The molecule has 4 nitrogen and oxygen atoms in total. The second-order valence-electron chi connectivity index (χ2n) is 4.95. The molecule has 0 aromatic heterocycles. The van der Waals surface area contributed by atoms with Crippen molar-refractivity contribution in [2.45, 2.75) is 45.6 Å². The van der Waals surface area contributed by atoms with Crippen molar-refractivity contribution in [2.24, 2.45) is 5.73 Å². The lowest BCUT2D eigenvalue weighted by Crippen LogP contribution is -2.37. The van der Waals surface area contributed by atoms with Crippen LogP contribution in [0.25, 0.3) is 0 Å². The summed E-state index contributed by atoms with van der Waals surface area (Å²) in [6.45, 7) is 10.5. The molecule has 1 atom stereocenters. The van der Waals surface area contributed by atoms with Crippen LogP contribution in [0, 0.1) is 5.41 Å². The van der Waals surface area contributed by atoms with Crippen molar-refractivity contribution in [1.29, 1.82) is 5.41 Å². The maximum absolute atomic E-state index is 7.18. The van der Waals surface area contributed by atoms with Crippen molar-refractivity contribution in [1.82, 2.24) is 9.80 Å². The smallest absolute Gasteiger partial charge is 0.0905 e. The molecule has 1 aliphatic rings. The zero-order chi connectivity index (χ0) is 12.7. The molecule has 0 radical (unpaired) electrons. The van der Waals surface area contributed by atoms with E-state index in [1.165, 1.54) is 45.6 Å². The van der Waals surface area contributed by atoms with Gasteiger partial charge in [-0.25, -0.2) is 0 Å². The molecule has 3 N–H and O–H groups in total. The fourth-order valence-electron chi connectivity index (χ4n) is 2.70. The number of likely N-dealkylation sites (N-methyl/N-ethyl adjacent to an activating group) is 1. The van der Waals surface area contributed by atoms with Gasteiger partial charge in [0.15, 0.2) is 0 Å².